The summed E-state index contributed by atoms with van der Waals surface area (Å²) in [4.78, 5) is 36.4. The van der Waals surface area contributed by atoms with Crippen molar-refractivity contribution in [2.24, 2.45) is 0 Å². The van der Waals surface area contributed by atoms with Crippen LogP contribution in [0.1, 0.15) is 29.8 Å². The summed E-state index contributed by atoms with van der Waals surface area (Å²) in [6.45, 7) is 3.21. The van der Waals surface area contributed by atoms with Crippen molar-refractivity contribution in [1.82, 2.24) is 5.32 Å². The average Bonchev–Trinajstić information content (AvgIpc) is 2.72. The number of nitrogens with zero attached hydrogens (tertiary/aromatic N) is 1. The van der Waals surface area contributed by atoms with Gasteiger partial charge < -0.3 is 20.1 Å². The molecular weight excluding hydrogens is 374 g/mol. The van der Waals surface area contributed by atoms with Crippen LogP contribution in [0.4, 0.5) is 5.69 Å². The van der Waals surface area contributed by atoms with Crippen LogP contribution in [-0.4, -0.2) is 37.0 Å². The highest BCUT2D eigenvalue weighted by atomic mass is 16.5. The van der Waals surface area contributed by atoms with E-state index in [-0.39, 0.29) is 0 Å². The van der Waals surface area contributed by atoms with E-state index in [0.29, 0.717) is 29.2 Å². The van der Waals surface area contributed by atoms with Crippen molar-refractivity contribution < 1.29 is 23.9 Å². The van der Waals surface area contributed by atoms with E-state index in [0.717, 1.165) is 0 Å². The maximum Gasteiger partial charge on any atom is 0.326 e. The van der Waals surface area contributed by atoms with Gasteiger partial charge >= 0.3 is 5.97 Å². The maximum atomic E-state index is 12.3. The lowest BCUT2D eigenvalue weighted by Crippen LogP contribution is -2.36. The molecule has 0 bridgehead atoms. The molecular formula is C21H21N3O5. The highest BCUT2D eigenvalue weighted by Gasteiger charge is 2.19. The Morgan fingerprint density at radius 2 is 1.90 bits per heavy atom. The number of amides is 2. The predicted molar refractivity (Wildman–Crippen MR) is 105 cm³/mol. The lowest BCUT2D eigenvalue weighted by atomic mass is 10.2. The largest absolute Gasteiger partial charge is 0.493 e. The van der Waals surface area contributed by atoms with E-state index in [9.17, 15) is 14.4 Å². The van der Waals surface area contributed by atoms with Crippen molar-refractivity contribution >= 4 is 23.5 Å². The lowest BCUT2D eigenvalue weighted by molar-refractivity contribution is -0.152. The summed E-state index contributed by atoms with van der Waals surface area (Å²) in [5, 5.41) is 13.9. The van der Waals surface area contributed by atoms with Crippen LogP contribution in [0.5, 0.6) is 5.75 Å². The molecule has 0 saturated carbocycles. The summed E-state index contributed by atoms with van der Waals surface area (Å²) in [7, 11) is 0. The number of para-hydroxylation sites is 1. The number of esters is 1. The molecule has 0 fully saturated rings. The second-order valence-electron chi connectivity index (χ2n) is 5.93. The number of carbonyl (C=O) groups is 3. The Hall–Kier alpha value is -3.86. The first-order valence-corrected chi connectivity index (χ1v) is 8.95. The van der Waals surface area contributed by atoms with Gasteiger partial charge in [0.05, 0.1) is 23.8 Å². The lowest BCUT2D eigenvalue weighted by Gasteiger charge is -2.14. The summed E-state index contributed by atoms with van der Waals surface area (Å²) in [6.07, 6.45) is -1.08. The number of nitriles is 1. The van der Waals surface area contributed by atoms with E-state index in [4.69, 9.17) is 14.7 Å². The van der Waals surface area contributed by atoms with Crippen molar-refractivity contribution in [3.05, 3.63) is 59.7 Å². The minimum absolute atomic E-state index is 0.297. The van der Waals surface area contributed by atoms with Gasteiger partial charge in [0.2, 0.25) is 0 Å². The third-order valence-corrected chi connectivity index (χ3v) is 3.76. The highest BCUT2D eigenvalue weighted by Crippen LogP contribution is 2.17. The molecule has 150 valence electrons. The van der Waals surface area contributed by atoms with Crippen LogP contribution >= 0.6 is 0 Å². The van der Waals surface area contributed by atoms with Crippen LogP contribution < -0.4 is 15.4 Å². The molecule has 0 heterocycles. The maximum absolute atomic E-state index is 12.3. The van der Waals surface area contributed by atoms with Gasteiger partial charge in [0.25, 0.3) is 11.8 Å². The zero-order valence-electron chi connectivity index (χ0n) is 16.1. The van der Waals surface area contributed by atoms with Gasteiger partial charge in [-0.1, -0.05) is 18.2 Å². The van der Waals surface area contributed by atoms with Gasteiger partial charge in [0.1, 0.15) is 12.3 Å². The minimum Gasteiger partial charge on any atom is -0.493 e. The molecule has 0 aromatic heterocycles. The number of rotatable bonds is 8. The molecule has 0 saturated heterocycles. The summed E-state index contributed by atoms with van der Waals surface area (Å²) in [5.74, 6) is -1.40. The van der Waals surface area contributed by atoms with Gasteiger partial charge in [-0.25, -0.2) is 0 Å². The van der Waals surface area contributed by atoms with Crippen molar-refractivity contribution in [3.63, 3.8) is 0 Å². The molecule has 0 radical (unpaired) electrons. The van der Waals surface area contributed by atoms with Gasteiger partial charge in [-0.3, -0.25) is 14.4 Å². The van der Waals surface area contributed by atoms with Crippen LogP contribution in [-0.2, 0) is 14.3 Å². The number of benzene rings is 2. The molecule has 0 unspecified atom stereocenters. The summed E-state index contributed by atoms with van der Waals surface area (Å²) in [6, 6.07) is 15.0. The van der Waals surface area contributed by atoms with Crippen LogP contribution in [0.15, 0.2) is 48.5 Å². The number of hydrogen-bond acceptors (Lipinski definition) is 6. The van der Waals surface area contributed by atoms with Crippen molar-refractivity contribution in [2.45, 2.75) is 20.0 Å². The standard InChI is InChI=1S/C21H21N3O5/c1-3-28-18-10-5-4-9-17(18)21(27)23-13-19(25)29-14(2)20(26)24-16-8-6-7-15(11-16)12-22/h4-11,14H,3,13H2,1-2H3,(H,23,27)(H,24,26)/t14-/m0/s1. The molecule has 2 aromatic rings. The zero-order valence-corrected chi connectivity index (χ0v) is 16.1. The second-order valence-corrected chi connectivity index (χ2v) is 5.93. The number of nitrogens with one attached hydrogen (secondary N) is 2. The first-order valence-electron chi connectivity index (χ1n) is 8.95. The van der Waals surface area contributed by atoms with Crippen LogP contribution in [0, 0.1) is 11.3 Å². The smallest absolute Gasteiger partial charge is 0.326 e. The van der Waals surface area contributed by atoms with Gasteiger partial charge in [-0.2, -0.15) is 5.26 Å². The summed E-state index contributed by atoms with van der Waals surface area (Å²) >= 11 is 0. The fraction of sp³-hybridized carbons (Fsp3) is 0.238. The summed E-state index contributed by atoms with van der Waals surface area (Å²) < 4.78 is 10.4. The topological polar surface area (TPSA) is 118 Å². The van der Waals surface area contributed by atoms with Crippen LogP contribution in [0.2, 0.25) is 0 Å². The Kier molecular flexibility index (Phi) is 7.74. The molecule has 0 aliphatic rings. The van der Waals surface area contributed by atoms with Gasteiger partial charge in [-0.15, -0.1) is 0 Å². The third-order valence-electron chi connectivity index (χ3n) is 3.76. The second kappa shape index (κ2) is 10.5. The predicted octanol–water partition coefficient (Wildman–Crippen LogP) is 2.26. The van der Waals surface area contributed by atoms with Gasteiger partial charge in [0.15, 0.2) is 6.10 Å². The molecule has 2 rings (SSSR count). The third kappa shape index (κ3) is 6.36. The first-order chi connectivity index (χ1) is 13.9. The Labute approximate surface area is 168 Å². The highest BCUT2D eigenvalue weighted by molar-refractivity contribution is 5.99. The fourth-order valence-corrected chi connectivity index (χ4v) is 2.39. The number of hydrogen-bond donors (Lipinski definition) is 2. The molecule has 29 heavy (non-hydrogen) atoms. The van der Waals surface area contributed by atoms with Crippen LogP contribution in [0.3, 0.4) is 0 Å². The van der Waals surface area contributed by atoms with E-state index in [1.807, 2.05) is 6.07 Å². The molecule has 2 amide bonds. The van der Waals surface area contributed by atoms with Gasteiger partial charge in [-0.05, 0) is 44.2 Å². The van der Waals surface area contributed by atoms with Crippen molar-refractivity contribution in [1.29, 1.82) is 5.26 Å². The zero-order chi connectivity index (χ0) is 21.2. The number of carbonyl (C=O) groups excluding carboxylic acids is 3. The van der Waals surface area contributed by atoms with E-state index in [1.54, 1.807) is 49.4 Å². The molecule has 2 aromatic carbocycles. The van der Waals surface area contributed by atoms with E-state index in [2.05, 4.69) is 10.6 Å². The van der Waals surface area contributed by atoms with Crippen molar-refractivity contribution in [3.8, 4) is 11.8 Å². The molecule has 0 aliphatic heterocycles. The molecule has 0 aliphatic carbocycles. The average molecular weight is 395 g/mol. The monoisotopic (exact) mass is 395 g/mol. The Bertz CT molecular complexity index is 936. The van der Waals surface area contributed by atoms with Crippen LogP contribution in [0.25, 0.3) is 0 Å². The number of anilines is 1. The quantitative estimate of drug-likeness (QED) is 0.662. The molecule has 0 spiro atoms. The van der Waals surface area contributed by atoms with E-state index in [1.165, 1.54) is 13.0 Å². The normalized spacial score (nSPS) is 10.9. The van der Waals surface area contributed by atoms with Crippen molar-refractivity contribution in [2.75, 3.05) is 18.5 Å². The Balaban J connectivity index is 1.86. The molecule has 8 heteroatoms. The number of ether oxygens (including phenoxy) is 2. The molecule has 1 atom stereocenters. The molecule has 8 nitrogen and oxygen atoms in total. The Morgan fingerprint density at radius 3 is 2.62 bits per heavy atom. The minimum atomic E-state index is -1.08. The van der Waals surface area contributed by atoms with E-state index >= 15 is 0 Å². The van der Waals surface area contributed by atoms with Gasteiger partial charge in [0, 0.05) is 5.69 Å². The van der Waals surface area contributed by atoms with E-state index < -0.39 is 30.4 Å². The SMILES string of the molecule is CCOc1ccccc1C(=O)NCC(=O)O[C@@H](C)C(=O)Nc1cccc(C#N)c1. The molecule has 2 N–H and O–H groups in total. The summed E-state index contributed by atoms with van der Waals surface area (Å²) in [5.41, 5.74) is 1.10. The fourth-order valence-electron chi connectivity index (χ4n) is 2.39. The Morgan fingerprint density at radius 1 is 1.14 bits per heavy atom. The first kappa shape index (κ1) is 21.4.